The van der Waals surface area contributed by atoms with Gasteiger partial charge in [-0.05, 0) is 5.41 Å². The van der Waals surface area contributed by atoms with E-state index in [1.54, 1.807) is 0 Å². The molecule has 0 aromatic heterocycles. The van der Waals surface area contributed by atoms with Gasteiger partial charge in [0, 0.05) is 0 Å². The largest absolute Gasteiger partial charge is 0.505 e. The summed E-state index contributed by atoms with van der Waals surface area (Å²) >= 11 is 0. The van der Waals surface area contributed by atoms with Crippen molar-refractivity contribution in [1.82, 2.24) is 0 Å². The Morgan fingerprint density at radius 3 is 2.11 bits per heavy atom. The second-order valence-electron chi connectivity index (χ2n) is 5.13. The van der Waals surface area contributed by atoms with E-state index in [2.05, 4.69) is 9.62 Å². The number of cyclic esters (lactones) is 1. The molecule has 3 atom stereocenters. The van der Waals surface area contributed by atoms with E-state index in [9.17, 15) is 20.1 Å². The van der Waals surface area contributed by atoms with Crippen LogP contribution in [-0.4, -0.2) is 49.6 Å². The summed E-state index contributed by atoms with van der Waals surface area (Å²) in [5.74, 6) is -6.24. The Morgan fingerprint density at radius 2 is 1.83 bits per heavy atom. The Bertz CT molecular complexity index is 382. The summed E-state index contributed by atoms with van der Waals surface area (Å²) in [4.78, 5) is 14.8. The van der Waals surface area contributed by atoms with Gasteiger partial charge in [-0.3, -0.25) is 0 Å². The molecule has 0 spiro atoms. The van der Waals surface area contributed by atoms with Crippen molar-refractivity contribution in [2.24, 2.45) is 5.41 Å². The molecule has 5 N–H and O–H groups in total. The smallest absolute Gasteiger partial charge is 0.378 e. The molecule has 0 radical (unpaired) electrons. The third-order valence-electron chi connectivity index (χ3n) is 2.64. The van der Waals surface area contributed by atoms with Gasteiger partial charge in [0.2, 0.25) is 11.9 Å². The zero-order valence-electron chi connectivity index (χ0n) is 10.1. The molecule has 0 aromatic rings. The molecule has 1 unspecified atom stereocenters. The molecule has 1 aliphatic rings. The SMILES string of the molecule is CC(C)(C)C(O)[C@@](O)(OO)[C@H]1OC(=O)C(O)=C1O. The minimum atomic E-state index is -2.80. The first-order chi connectivity index (χ1) is 8.05. The molecular formula is C10H16O8. The molecular weight excluding hydrogens is 248 g/mol. The lowest BCUT2D eigenvalue weighted by molar-refractivity contribution is -0.440. The Hall–Kier alpha value is -1.35. The minimum Gasteiger partial charge on any atom is -0.505 e. The van der Waals surface area contributed by atoms with Crippen molar-refractivity contribution in [2.45, 2.75) is 38.8 Å². The first kappa shape index (κ1) is 14.7. The maximum absolute atomic E-state index is 11.0. The number of ether oxygens (including phenoxy) is 1. The van der Waals surface area contributed by atoms with E-state index >= 15 is 0 Å². The summed E-state index contributed by atoms with van der Waals surface area (Å²) in [6.07, 6.45) is -3.65. The van der Waals surface area contributed by atoms with Gasteiger partial charge in [0.15, 0.2) is 5.76 Å². The van der Waals surface area contributed by atoms with Crippen LogP contribution in [0.4, 0.5) is 0 Å². The normalized spacial score (nSPS) is 25.9. The molecule has 0 saturated carbocycles. The lowest BCUT2D eigenvalue weighted by atomic mass is 9.81. The molecule has 0 aromatic carbocycles. The second-order valence-corrected chi connectivity index (χ2v) is 5.13. The summed E-state index contributed by atoms with van der Waals surface area (Å²) in [6.45, 7) is 4.54. The van der Waals surface area contributed by atoms with Gasteiger partial charge in [0.25, 0.3) is 5.79 Å². The highest BCUT2D eigenvalue weighted by Gasteiger charge is 2.58. The van der Waals surface area contributed by atoms with E-state index in [4.69, 9.17) is 10.4 Å². The summed E-state index contributed by atoms with van der Waals surface area (Å²) < 4.78 is 4.45. The molecule has 8 heteroatoms. The van der Waals surface area contributed by atoms with Gasteiger partial charge in [-0.15, -0.1) is 0 Å². The monoisotopic (exact) mass is 264 g/mol. The highest BCUT2D eigenvalue weighted by atomic mass is 17.1. The first-order valence-corrected chi connectivity index (χ1v) is 5.11. The van der Waals surface area contributed by atoms with Crippen LogP contribution in [0.25, 0.3) is 0 Å². The first-order valence-electron chi connectivity index (χ1n) is 5.11. The number of carbonyl (C=O) groups is 1. The summed E-state index contributed by atoms with van der Waals surface area (Å²) in [5.41, 5.74) is -0.970. The third kappa shape index (κ3) is 2.15. The topological polar surface area (TPSA) is 137 Å². The zero-order chi connectivity index (χ0) is 14.3. The molecule has 0 bridgehead atoms. The van der Waals surface area contributed by atoms with Crippen molar-refractivity contribution in [3.8, 4) is 0 Å². The van der Waals surface area contributed by atoms with Crippen molar-refractivity contribution >= 4 is 5.97 Å². The number of rotatable bonds is 3. The molecule has 0 saturated heterocycles. The highest BCUT2D eigenvalue weighted by Crippen LogP contribution is 2.37. The van der Waals surface area contributed by atoms with E-state index in [1.807, 2.05) is 0 Å². The fourth-order valence-electron chi connectivity index (χ4n) is 1.59. The predicted molar refractivity (Wildman–Crippen MR) is 56.3 cm³/mol. The van der Waals surface area contributed by atoms with Gasteiger partial charge in [0.05, 0.1) is 0 Å². The van der Waals surface area contributed by atoms with Crippen molar-refractivity contribution in [3.63, 3.8) is 0 Å². The molecule has 1 heterocycles. The predicted octanol–water partition coefficient (Wildman–Crippen LogP) is -0.175. The Labute approximate surface area is 103 Å². The number of hydrogen-bond acceptors (Lipinski definition) is 8. The number of esters is 1. The van der Waals surface area contributed by atoms with Crippen LogP contribution < -0.4 is 0 Å². The van der Waals surface area contributed by atoms with Crippen molar-refractivity contribution < 1.29 is 40.1 Å². The van der Waals surface area contributed by atoms with E-state index < -0.39 is 40.9 Å². The number of aliphatic hydroxyl groups is 4. The summed E-state index contributed by atoms with van der Waals surface area (Å²) in [6, 6.07) is 0. The third-order valence-corrected chi connectivity index (χ3v) is 2.64. The Kier molecular flexibility index (Phi) is 3.59. The van der Waals surface area contributed by atoms with Crippen LogP contribution >= 0.6 is 0 Å². The van der Waals surface area contributed by atoms with E-state index in [0.717, 1.165) is 0 Å². The number of hydrogen-bond donors (Lipinski definition) is 5. The van der Waals surface area contributed by atoms with Gasteiger partial charge in [-0.2, -0.15) is 4.89 Å². The molecule has 0 aliphatic carbocycles. The fourth-order valence-corrected chi connectivity index (χ4v) is 1.59. The van der Waals surface area contributed by atoms with Crippen LogP contribution in [0.5, 0.6) is 0 Å². The van der Waals surface area contributed by atoms with Gasteiger partial charge in [-0.1, -0.05) is 20.8 Å². The summed E-state index contributed by atoms with van der Waals surface area (Å²) in [7, 11) is 0. The maximum Gasteiger partial charge on any atom is 0.378 e. The number of carbonyl (C=O) groups excluding carboxylic acids is 1. The van der Waals surface area contributed by atoms with E-state index in [1.165, 1.54) is 20.8 Å². The molecule has 1 aliphatic heterocycles. The van der Waals surface area contributed by atoms with E-state index in [-0.39, 0.29) is 0 Å². The second kappa shape index (κ2) is 4.39. The number of aliphatic hydroxyl groups excluding tert-OH is 3. The molecule has 0 fully saturated rings. The van der Waals surface area contributed by atoms with Crippen molar-refractivity contribution in [2.75, 3.05) is 0 Å². The fraction of sp³-hybridized carbons (Fsp3) is 0.700. The van der Waals surface area contributed by atoms with Crippen molar-refractivity contribution in [3.05, 3.63) is 11.5 Å². The standard InChI is InChI=1S/C10H16O8/c1-9(2,3)8(14)10(15,18-16)6-4(11)5(12)7(13)17-6/h6,8,11-12,14-16H,1-3H3/t6-,8?,10-/m0/s1. The lowest BCUT2D eigenvalue weighted by Gasteiger charge is -2.39. The molecule has 18 heavy (non-hydrogen) atoms. The van der Waals surface area contributed by atoms with E-state index in [0.29, 0.717) is 0 Å². The van der Waals surface area contributed by atoms with Gasteiger partial charge in [0.1, 0.15) is 6.10 Å². The van der Waals surface area contributed by atoms with Crippen molar-refractivity contribution in [1.29, 1.82) is 0 Å². The molecule has 8 nitrogen and oxygen atoms in total. The van der Waals surface area contributed by atoms with Crippen LogP contribution in [0.2, 0.25) is 0 Å². The minimum absolute atomic E-state index is 0.970. The zero-order valence-corrected chi connectivity index (χ0v) is 10.1. The van der Waals surface area contributed by atoms with Crippen LogP contribution in [0, 0.1) is 5.41 Å². The van der Waals surface area contributed by atoms with Crippen LogP contribution in [0.15, 0.2) is 11.5 Å². The van der Waals surface area contributed by atoms with Gasteiger partial charge >= 0.3 is 5.97 Å². The highest BCUT2D eigenvalue weighted by molar-refractivity contribution is 5.89. The van der Waals surface area contributed by atoms with Crippen LogP contribution in [-0.2, 0) is 14.4 Å². The maximum atomic E-state index is 11.0. The Morgan fingerprint density at radius 1 is 1.33 bits per heavy atom. The molecule has 104 valence electrons. The van der Waals surface area contributed by atoms with Gasteiger partial charge in [-0.25, -0.2) is 10.1 Å². The van der Waals surface area contributed by atoms with Gasteiger partial charge < -0.3 is 25.2 Å². The van der Waals surface area contributed by atoms with Crippen LogP contribution in [0.3, 0.4) is 0 Å². The Balaban J connectivity index is 3.15. The molecule has 0 amide bonds. The average molecular weight is 264 g/mol. The molecule has 1 rings (SSSR count). The van der Waals surface area contributed by atoms with Crippen LogP contribution in [0.1, 0.15) is 20.8 Å². The summed E-state index contributed by atoms with van der Waals surface area (Å²) in [5, 5.41) is 47.2. The lowest BCUT2D eigenvalue weighted by Crippen LogP contribution is -2.59. The average Bonchev–Trinajstić information content (AvgIpc) is 2.54. The quantitative estimate of drug-likeness (QED) is 0.205.